The Bertz CT molecular complexity index is 492. The first-order valence-corrected chi connectivity index (χ1v) is 7.51. The number of phenolic OH excluding ortho intramolecular Hbond substituents is 1. The van der Waals surface area contributed by atoms with Crippen molar-refractivity contribution in [3.8, 4) is 5.75 Å². The van der Waals surface area contributed by atoms with Gasteiger partial charge in [0.05, 0.1) is 18.8 Å². The normalized spacial score (nSPS) is 30.2. The van der Waals surface area contributed by atoms with Gasteiger partial charge >= 0.3 is 0 Å². The fraction of sp³-hybridized carbons (Fsp3) is 0.625. The number of rotatable bonds is 5. The van der Waals surface area contributed by atoms with Crippen LogP contribution in [0.1, 0.15) is 24.0 Å². The molecular formula is C16H24O6. The number of aryl methyl sites for hydroxylation is 2. The molecule has 0 bridgehead atoms. The van der Waals surface area contributed by atoms with E-state index >= 15 is 0 Å². The van der Waals surface area contributed by atoms with Crippen LogP contribution < -0.4 is 0 Å². The summed E-state index contributed by atoms with van der Waals surface area (Å²) in [6.07, 6.45) is -3.73. The summed E-state index contributed by atoms with van der Waals surface area (Å²) in [4.78, 5) is 0. The minimum absolute atomic E-state index is 0.0541. The Kier molecular flexibility index (Phi) is 5.77. The number of hydrogen-bond donors (Lipinski definition) is 5. The molecule has 5 N–H and O–H groups in total. The molecule has 22 heavy (non-hydrogen) atoms. The topological polar surface area (TPSA) is 110 Å². The molecule has 5 atom stereocenters. The third-order valence-corrected chi connectivity index (χ3v) is 4.15. The minimum atomic E-state index is -1.25. The lowest BCUT2D eigenvalue weighted by Crippen LogP contribution is -2.53. The molecule has 6 heteroatoms. The average molecular weight is 312 g/mol. The molecule has 0 aliphatic carbocycles. The second-order valence-corrected chi connectivity index (χ2v) is 5.97. The van der Waals surface area contributed by atoms with Crippen LogP contribution in [0.2, 0.25) is 0 Å². The van der Waals surface area contributed by atoms with Crippen LogP contribution in [0.3, 0.4) is 0 Å². The summed E-state index contributed by atoms with van der Waals surface area (Å²) >= 11 is 0. The van der Waals surface area contributed by atoms with Crippen molar-refractivity contribution in [2.45, 2.75) is 56.7 Å². The Morgan fingerprint density at radius 2 is 1.95 bits per heavy atom. The number of benzene rings is 1. The first kappa shape index (κ1) is 17.2. The second-order valence-electron chi connectivity index (χ2n) is 5.97. The third kappa shape index (κ3) is 4.18. The first-order valence-electron chi connectivity index (χ1n) is 7.51. The largest absolute Gasteiger partial charge is 0.508 e. The average Bonchev–Trinajstić information content (AvgIpc) is 2.49. The summed E-state index contributed by atoms with van der Waals surface area (Å²) < 4.78 is 5.27. The van der Waals surface area contributed by atoms with Gasteiger partial charge in [-0.1, -0.05) is 12.1 Å². The van der Waals surface area contributed by atoms with E-state index < -0.39 is 30.5 Å². The van der Waals surface area contributed by atoms with Crippen LogP contribution in [0.4, 0.5) is 0 Å². The predicted octanol–water partition coefficient (Wildman–Crippen LogP) is -0.134. The van der Waals surface area contributed by atoms with Gasteiger partial charge in [-0.3, -0.25) is 0 Å². The standard InChI is InChI=1S/C16H24O6/c1-9-2-3-10(6-12(9)18)4-5-11(17)7-14-16(21)15(20)13(19)8-22-14/h2-3,6,11,13-21H,4-5,7-8H2,1H3/t11?,13-,14?,15+,16+/m1/s1. The highest BCUT2D eigenvalue weighted by Gasteiger charge is 2.38. The molecule has 2 unspecified atom stereocenters. The van der Waals surface area contributed by atoms with E-state index in [2.05, 4.69) is 0 Å². The fourth-order valence-corrected chi connectivity index (χ4v) is 2.60. The van der Waals surface area contributed by atoms with Gasteiger partial charge < -0.3 is 30.3 Å². The van der Waals surface area contributed by atoms with Crippen LogP contribution in [0, 0.1) is 6.92 Å². The molecule has 1 fully saturated rings. The van der Waals surface area contributed by atoms with Crippen molar-refractivity contribution >= 4 is 0 Å². The Balaban J connectivity index is 1.82. The smallest absolute Gasteiger partial charge is 0.118 e. The molecule has 0 saturated carbocycles. The lowest BCUT2D eigenvalue weighted by Gasteiger charge is -2.36. The van der Waals surface area contributed by atoms with Crippen molar-refractivity contribution in [3.63, 3.8) is 0 Å². The van der Waals surface area contributed by atoms with Gasteiger partial charge in [-0.25, -0.2) is 0 Å². The van der Waals surface area contributed by atoms with Crippen molar-refractivity contribution in [2.24, 2.45) is 0 Å². The van der Waals surface area contributed by atoms with Gasteiger partial charge in [0.15, 0.2) is 0 Å². The second kappa shape index (κ2) is 7.39. The van der Waals surface area contributed by atoms with Crippen molar-refractivity contribution in [1.29, 1.82) is 0 Å². The Labute approximate surface area is 129 Å². The van der Waals surface area contributed by atoms with Crippen LogP contribution >= 0.6 is 0 Å². The highest BCUT2D eigenvalue weighted by atomic mass is 16.5. The molecule has 0 radical (unpaired) electrons. The van der Waals surface area contributed by atoms with Gasteiger partial charge in [0.25, 0.3) is 0 Å². The van der Waals surface area contributed by atoms with Crippen molar-refractivity contribution in [1.82, 2.24) is 0 Å². The molecule has 0 amide bonds. The number of phenols is 1. The van der Waals surface area contributed by atoms with Gasteiger partial charge in [0.2, 0.25) is 0 Å². The van der Waals surface area contributed by atoms with Gasteiger partial charge in [0.1, 0.15) is 24.1 Å². The summed E-state index contributed by atoms with van der Waals surface area (Å²) in [5.74, 6) is 0.232. The summed E-state index contributed by atoms with van der Waals surface area (Å²) in [6.45, 7) is 1.76. The zero-order chi connectivity index (χ0) is 16.3. The SMILES string of the molecule is Cc1ccc(CCC(O)CC2OC[C@@H](O)[C@H](O)[C@H]2O)cc1O. The number of aliphatic hydroxyl groups is 4. The molecule has 1 aromatic rings. The molecule has 1 aliphatic heterocycles. The molecular weight excluding hydrogens is 288 g/mol. The van der Waals surface area contributed by atoms with E-state index in [1.165, 1.54) is 0 Å². The maximum absolute atomic E-state index is 10.1. The molecule has 1 aromatic carbocycles. The molecule has 0 aromatic heterocycles. The van der Waals surface area contributed by atoms with E-state index in [-0.39, 0.29) is 18.8 Å². The maximum Gasteiger partial charge on any atom is 0.118 e. The molecule has 1 aliphatic rings. The van der Waals surface area contributed by atoms with E-state index in [0.717, 1.165) is 11.1 Å². The summed E-state index contributed by atoms with van der Waals surface area (Å²) in [5.41, 5.74) is 1.72. The van der Waals surface area contributed by atoms with Crippen molar-refractivity contribution in [2.75, 3.05) is 6.61 Å². The van der Waals surface area contributed by atoms with Gasteiger partial charge in [-0.2, -0.15) is 0 Å². The zero-order valence-electron chi connectivity index (χ0n) is 12.6. The summed E-state index contributed by atoms with van der Waals surface area (Å²) in [7, 11) is 0. The minimum Gasteiger partial charge on any atom is -0.508 e. The number of ether oxygens (including phenoxy) is 1. The zero-order valence-corrected chi connectivity index (χ0v) is 12.6. The molecule has 1 saturated heterocycles. The fourth-order valence-electron chi connectivity index (χ4n) is 2.60. The lowest BCUT2D eigenvalue weighted by atomic mass is 9.94. The van der Waals surface area contributed by atoms with Crippen LogP contribution in [-0.2, 0) is 11.2 Å². The maximum atomic E-state index is 10.1. The number of hydrogen-bond acceptors (Lipinski definition) is 6. The molecule has 0 spiro atoms. The summed E-state index contributed by atoms with van der Waals surface area (Å²) in [6, 6.07) is 5.39. The van der Waals surface area contributed by atoms with Crippen molar-refractivity contribution < 1.29 is 30.3 Å². The lowest BCUT2D eigenvalue weighted by molar-refractivity contribution is -0.193. The molecule has 6 nitrogen and oxygen atoms in total. The monoisotopic (exact) mass is 312 g/mol. The van der Waals surface area contributed by atoms with E-state index in [1.807, 2.05) is 19.1 Å². The predicted molar refractivity (Wildman–Crippen MR) is 79.5 cm³/mol. The Morgan fingerprint density at radius 3 is 2.64 bits per heavy atom. The van der Waals surface area contributed by atoms with Gasteiger partial charge in [-0.05, 0) is 37.0 Å². The van der Waals surface area contributed by atoms with Crippen LogP contribution in [0.5, 0.6) is 5.75 Å². The molecule has 124 valence electrons. The Morgan fingerprint density at radius 1 is 1.23 bits per heavy atom. The van der Waals surface area contributed by atoms with E-state index in [9.17, 15) is 25.5 Å². The van der Waals surface area contributed by atoms with Gasteiger partial charge in [-0.15, -0.1) is 0 Å². The quantitative estimate of drug-likeness (QED) is 0.518. The highest BCUT2D eigenvalue weighted by Crippen LogP contribution is 2.22. The van der Waals surface area contributed by atoms with E-state index in [1.54, 1.807) is 6.07 Å². The van der Waals surface area contributed by atoms with E-state index in [4.69, 9.17) is 4.74 Å². The number of aromatic hydroxyl groups is 1. The van der Waals surface area contributed by atoms with E-state index in [0.29, 0.717) is 12.8 Å². The van der Waals surface area contributed by atoms with Crippen LogP contribution in [0.15, 0.2) is 18.2 Å². The molecule has 1 heterocycles. The van der Waals surface area contributed by atoms with Crippen LogP contribution in [-0.4, -0.2) is 62.7 Å². The Hall–Kier alpha value is -1.18. The molecule has 2 rings (SSSR count). The first-order chi connectivity index (χ1) is 10.4. The summed E-state index contributed by atoms with van der Waals surface area (Å²) in [5, 5.41) is 48.5. The van der Waals surface area contributed by atoms with Crippen molar-refractivity contribution in [3.05, 3.63) is 29.3 Å². The third-order valence-electron chi connectivity index (χ3n) is 4.15. The number of aliphatic hydroxyl groups excluding tert-OH is 4. The van der Waals surface area contributed by atoms with Gasteiger partial charge in [0, 0.05) is 6.42 Å². The van der Waals surface area contributed by atoms with Crippen LogP contribution in [0.25, 0.3) is 0 Å². The highest BCUT2D eigenvalue weighted by molar-refractivity contribution is 5.35.